The second-order valence-electron chi connectivity index (χ2n) is 4.36. The van der Waals surface area contributed by atoms with Gasteiger partial charge in [-0.3, -0.25) is 0 Å². The molecule has 126 valence electrons. The summed E-state index contributed by atoms with van der Waals surface area (Å²) in [5.41, 5.74) is 0. The molecule has 0 saturated heterocycles. The number of aromatic nitrogens is 3. The average Bonchev–Trinajstić information content (AvgIpc) is 3.07. The predicted octanol–water partition coefficient (Wildman–Crippen LogP) is 2.31. The van der Waals surface area contributed by atoms with Gasteiger partial charge < -0.3 is 10.1 Å². The molecule has 2 rings (SSSR count). The molecule has 0 bridgehead atoms. The van der Waals surface area contributed by atoms with Crippen LogP contribution in [0.15, 0.2) is 16.6 Å². The Balaban J connectivity index is 1.77. The Kier molecular flexibility index (Phi) is 5.92. The molecule has 0 aromatic carbocycles. The van der Waals surface area contributed by atoms with Crippen LogP contribution in [0.1, 0.15) is 12.8 Å². The van der Waals surface area contributed by atoms with Gasteiger partial charge in [0.15, 0.2) is 0 Å². The van der Waals surface area contributed by atoms with Crippen molar-refractivity contribution in [2.75, 3.05) is 6.54 Å². The smallest absolute Gasteiger partial charge is 0.390 e. The van der Waals surface area contributed by atoms with Crippen LogP contribution in [0, 0.1) is 10.1 Å². The maximum absolute atomic E-state index is 12.0. The standard InChI is InChI=1S/C10H11Cl2N5O4S2/c11-7-5-8(22-9(7)12)23(20,21)14-3-1-2-4-16-6-13-10(15-16)17(18)19/h5-6,14H,1-4H2. The fourth-order valence-corrected chi connectivity index (χ4v) is 4.61. The molecule has 23 heavy (non-hydrogen) atoms. The van der Waals surface area contributed by atoms with Gasteiger partial charge in [-0.05, 0) is 23.8 Å². The molecule has 0 saturated carbocycles. The van der Waals surface area contributed by atoms with Gasteiger partial charge in [0.1, 0.15) is 8.55 Å². The second-order valence-corrected chi connectivity index (χ2v) is 8.41. The molecule has 0 aliphatic rings. The molecule has 2 aromatic rings. The third kappa shape index (κ3) is 4.85. The quantitative estimate of drug-likeness (QED) is 0.413. The number of hydrogen-bond acceptors (Lipinski definition) is 7. The summed E-state index contributed by atoms with van der Waals surface area (Å²) in [6, 6.07) is 1.30. The number of aryl methyl sites for hydroxylation is 1. The predicted molar refractivity (Wildman–Crippen MR) is 85.4 cm³/mol. The highest BCUT2D eigenvalue weighted by molar-refractivity contribution is 7.91. The van der Waals surface area contributed by atoms with Crippen LogP contribution < -0.4 is 4.72 Å². The van der Waals surface area contributed by atoms with Crippen molar-refractivity contribution in [3.8, 4) is 0 Å². The lowest BCUT2D eigenvalue weighted by Gasteiger charge is -2.03. The highest BCUT2D eigenvalue weighted by Gasteiger charge is 2.18. The number of unbranched alkanes of at least 4 members (excludes halogenated alkanes) is 1. The van der Waals surface area contributed by atoms with Gasteiger partial charge in [0.2, 0.25) is 16.4 Å². The van der Waals surface area contributed by atoms with Crippen LogP contribution in [-0.4, -0.2) is 34.7 Å². The van der Waals surface area contributed by atoms with Gasteiger partial charge in [-0.15, -0.1) is 11.3 Å². The highest BCUT2D eigenvalue weighted by Crippen LogP contribution is 2.34. The molecule has 2 heterocycles. The van der Waals surface area contributed by atoms with Crippen LogP contribution in [0.25, 0.3) is 0 Å². The van der Waals surface area contributed by atoms with E-state index in [1.54, 1.807) is 0 Å². The molecule has 0 radical (unpaired) electrons. The van der Waals surface area contributed by atoms with E-state index in [0.717, 1.165) is 11.3 Å². The zero-order valence-electron chi connectivity index (χ0n) is 11.5. The maximum Gasteiger partial charge on any atom is 0.490 e. The Labute approximate surface area is 145 Å². The topological polar surface area (TPSA) is 120 Å². The lowest BCUT2D eigenvalue weighted by atomic mass is 10.3. The Morgan fingerprint density at radius 1 is 1.39 bits per heavy atom. The van der Waals surface area contributed by atoms with Crippen molar-refractivity contribution >= 4 is 50.5 Å². The number of nitrogens with one attached hydrogen (secondary N) is 1. The van der Waals surface area contributed by atoms with E-state index in [2.05, 4.69) is 14.8 Å². The van der Waals surface area contributed by atoms with Crippen molar-refractivity contribution in [3.63, 3.8) is 0 Å². The van der Waals surface area contributed by atoms with Gasteiger partial charge in [-0.2, -0.15) is 4.68 Å². The number of rotatable bonds is 8. The van der Waals surface area contributed by atoms with E-state index in [1.165, 1.54) is 17.1 Å². The van der Waals surface area contributed by atoms with Gasteiger partial charge in [0.05, 0.1) is 11.6 Å². The molecular weight excluding hydrogens is 389 g/mol. The monoisotopic (exact) mass is 399 g/mol. The molecular formula is C10H11Cl2N5O4S2. The van der Waals surface area contributed by atoms with Gasteiger partial charge in [0.25, 0.3) is 0 Å². The molecule has 13 heteroatoms. The summed E-state index contributed by atoms with van der Waals surface area (Å²) in [6.45, 7) is 0.617. The van der Waals surface area contributed by atoms with E-state index in [-0.39, 0.29) is 20.1 Å². The van der Waals surface area contributed by atoms with Crippen LogP contribution in [-0.2, 0) is 16.6 Å². The third-order valence-corrected chi connectivity index (χ3v) is 6.48. The molecule has 0 aliphatic heterocycles. The molecule has 0 amide bonds. The first-order valence-electron chi connectivity index (χ1n) is 6.28. The fraction of sp³-hybridized carbons (Fsp3) is 0.400. The molecule has 0 spiro atoms. The van der Waals surface area contributed by atoms with Crippen molar-refractivity contribution in [2.24, 2.45) is 0 Å². The maximum atomic E-state index is 12.0. The largest absolute Gasteiger partial charge is 0.490 e. The number of hydrogen-bond donors (Lipinski definition) is 1. The van der Waals surface area contributed by atoms with E-state index in [4.69, 9.17) is 23.2 Å². The zero-order chi connectivity index (χ0) is 17.0. The van der Waals surface area contributed by atoms with Crippen molar-refractivity contribution in [1.82, 2.24) is 19.5 Å². The normalized spacial score (nSPS) is 11.7. The third-order valence-electron chi connectivity index (χ3n) is 2.68. The molecule has 1 N–H and O–H groups in total. The Morgan fingerprint density at radius 3 is 2.70 bits per heavy atom. The summed E-state index contributed by atoms with van der Waals surface area (Å²) in [5, 5.41) is 14.3. The fourth-order valence-electron chi connectivity index (χ4n) is 1.61. The summed E-state index contributed by atoms with van der Waals surface area (Å²) in [7, 11) is -3.64. The highest BCUT2D eigenvalue weighted by atomic mass is 35.5. The van der Waals surface area contributed by atoms with Crippen molar-refractivity contribution in [2.45, 2.75) is 23.6 Å². The summed E-state index contributed by atoms with van der Waals surface area (Å²) in [5.74, 6) is -0.461. The number of nitrogens with zero attached hydrogens (tertiary/aromatic N) is 4. The number of nitro groups is 1. The zero-order valence-corrected chi connectivity index (χ0v) is 14.6. The first kappa shape index (κ1) is 18.1. The van der Waals surface area contributed by atoms with Crippen LogP contribution in [0.2, 0.25) is 9.36 Å². The minimum atomic E-state index is -3.64. The summed E-state index contributed by atoms with van der Waals surface area (Å²) >= 11 is 12.4. The molecule has 0 fully saturated rings. The van der Waals surface area contributed by atoms with E-state index >= 15 is 0 Å². The van der Waals surface area contributed by atoms with Crippen molar-refractivity contribution in [3.05, 3.63) is 31.9 Å². The van der Waals surface area contributed by atoms with Crippen molar-refractivity contribution < 1.29 is 13.3 Å². The molecule has 0 unspecified atom stereocenters. The summed E-state index contributed by atoms with van der Waals surface area (Å²) < 4.78 is 28.0. The first-order valence-corrected chi connectivity index (χ1v) is 9.33. The lowest BCUT2D eigenvalue weighted by Crippen LogP contribution is -2.24. The second kappa shape index (κ2) is 7.53. The van der Waals surface area contributed by atoms with Gasteiger partial charge in [0, 0.05) is 11.6 Å². The number of thiophene rings is 1. The Morgan fingerprint density at radius 2 is 2.13 bits per heavy atom. The van der Waals surface area contributed by atoms with E-state index in [9.17, 15) is 18.5 Å². The van der Waals surface area contributed by atoms with Crippen LogP contribution in [0.5, 0.6) is 0 Å². The van der Waals surface area contributed by atoms with Crippen LogP contribution in [0.3, 0.4) is 0 Å². The van der Waals surface area contributed by atoms with Crippen LogP contribution >= 0.6 is 34.5 Å². The van der Waals surface area contributed by atoms with Gasteiger partial charge in [-0.25, -0.2) is 13.1 Å². The molecule has 0 aliphatic carbocycles. The van der Waals surface area contributed by atoms with Crippen molar-refractivity contribution in [1.29, 1.82) is 0 Å². The Hall–Kier alpha value is -1.27. The lowest BCUT2D eigenvalue weighted by molar-refractivity contribution is -0.394. The van der Waals surface area contributed by atoms with Gasteiger partial charge in [-0.1, -0.05) is 28.2 Å². The van der Waals surface area contributed by atoms with E-state index in [0.29, 0.717) is 19.4 Å². The number of sulfonamides is 1. The first-order chi connectivity index (χ1) is 10.8. The molecule has 9 nitrogen and oxygen atoms in total. The van der Waals surface area contributed by atoms with Crippen LogP contribution in [0.4, 0.5) is 5.95 Å². The minimum Gasteiger partial charge on any atom is -0.390 e. The minimum absolute atomic E-state index is 0.0550. The Bertz CT molecular complexity index is 785. The SMILES string of the molecule is O=[N+]([O-])c1ncn(CCCCNS(=O)(=O)c2cc(Cl)c(Cl)s2)n1. The molecule has 0 atom stereocenters. The number of halogens is 2. The molecule has 2 aromatic heterocycles. The van der Waals surface area contributed by atoms with Gasteiger partial charge >= 0.3 is 5.95 Å². The summed E-state index contributed by atoms with van der Waals surface area (Å²) in [4.78, 5) is 13.3. The average molecular weight is 400 g/mol. The summed E-state index contributed by atoms with van der Waals surface area (Å²) in [6.07, 6.45) is 2.37. The van der Waals surface area contributed by atoms with E-state index in [1.807, 2.05) is 0 Å². The van der Waals surface area contributed by atoms with E-state index < -0.39 is 20.9 Å².